The first-order valence-electron chi connectivity index (χ1n) is 9.62. The van der Waals surface area contributed by atoms with Crippen molar-refractivity contribution in [1.82, 2.24) is 15.1 Å². The van der Waals surface area contributed by atoms with E-state index in [-0.39, 0.29) is 18.7 Å². The van der Waals surface area contributed by atoms with Gasteiger partial charge in [0.05, 0.1) is 19.3 Å². The second-order valence-corrected chi connectivity index (χ2v) is 7.59. The molecule has 1 heterocycles. The topological polar surface area (TPSA) is 82.1 Å². The normalized spacial score (nSPS) is 19.9. The van der Waals surface area contributed by atoms with Crippen molar-refractivity contribution in [3.63, 3.8) is 0 Å². The molecule has 1 aliphatic heterocycles. The Kier molecular flexibility index (Phi) is 6.68. The molecule has 1 saturated heterocycles. The molecule has 0 bridgehead atoms. The van der Waals surface area contributed by atoms with E-state index in [2.05, 4.69) is 29.6 Å². The van der Waals surface area contributed by atoms with Gasteiger partial charge in [-0.05, 0) is 43.4 Å². The number of amides is 2. The highest BCUT2D eigenvalue weighted by atomic mass is 16.5. The first-order chi connectivity index (χ1) is 13.0. The number of carbonyl (C=O) groups is 2. The number of nitrogens with one attached hydrogen (secondary N) is 1. The molecule has 0 spiro atoms. The van der Waals surface area contributed by atoms with Gasteiger partial charge in [-0.15, -0.1) is 0 Å². The molecule has 1 fully saturated rings. The lowest BCUT2D eigenvalue weighted by molar-refractivity contribution is -0.138. The Hall–Kier alpha value is -2.12. The molecule has 1 aromatic rings. The van der Waals surface area contributed by atoms with Crippen molar-refractivity contribution >= 4 is 12.0 Å². The molecule has 7 heteroatoms. The molecule has 0 radical (unpaired) electrons. The van der Waals surface area contributed by atoms with E-state index in [1.807, 2.05) is 0 Å². The van der Waals surface area contributed by atoms with Crippen LogP contribution in [0, 0.1) is 5.92 Å². The average molecular weight is 375 g/mol. The standard InChI is InChI=1S/C20H29N3O4/c1-22(14-19(24)25)12-18-13-23(8-9-27-18)20(26)21-7-6-15-10-16-4-2-3-5-17(16)11-15/h2-5,15,18H,6-14H2,1H3,(H,21,26)(H,24,25). The van der Waals surface area contributed by atoms with E-state index in [9.17, 15) is 9.59 Å². The number of carbonyl (C=O) groups excluding carboxylic acids is 1. The minimum atomic E-state index is -0.864. The van der Waals surface area contributed by atoms with Gasteiger partial charge in [-0.25, -0.2) is 4.79 Å². The minimum Gasteiger partial charge on any atom is -0.480 e. The number of nitrogens with zero attached hydrogens (tertiary/aromatic N) is 2. The molecule has 1 unspecified atom stereocenters. The third-order valence-electron chi connectivity index (χ3n) is 5.31. The van der Waals surface area contributed by atoms with Gasteiger partial charge in [0.1, 0.15) is 0 Å². The zero-order chi connectivity index (χ0) is 19.2. The zero-order valence-corrected chi connectivity index (χ0v) is 15.9. The van der Waals surface area contributed by atoms with Crippen molar-refractivity contribution in [2.45, 2.75) is 25.4 Å². The second kappa shape index (κ2) is 9.19. The fraction of sp³-hybridized carbons (Fsp3) is 0.600. The summed E-state index contributed by atoms with van der Waals surface area (Å²) in [4.78, 5) is 26.7. The summed E-state index contributed by atoms with van der Waals surface area (Å²) in [7, 11) is 1.75. The molecular weight excluding hydrogens is 346 g/mol. The SMILES string of the molecule is CN(CC(=O)O)CC1CN(C(=O)NCCC2Cc3ccccc3C2)CCO1. The Morgan fingerprint density at radius 1 is 1.30 bits per heavy atom. The molecular formula is C20H29N3O4. The van der Waals surface area contributed by atoms with Crippen LogP contribution in [0.2, 0.25) is 0 Å². The van der Waals surface area contributed by atoms with E-state index in [1.165, 1.54) is 11.1 Å². The molecule has 7 nitrogen and oxygen atoms in total. The van der Waals surface area contributed by atoms with Gasteiger partial charge in [0.15, 0.2) is 0 Å². The lowest BCUT2D eigenvalue weighted by Crippen LogP contribution is -2.52. The number of hydrogen-bond donors (Lipinski definition) is 2. The summed E-state index contributed by atoms with van der Waals surface area (Å²) in [5.41, 5.74) is 2.88. The minimum absolute atomic E-state index is 0.0319. The number of hydrogen-bond acceptors (Lipinski definition) is 4. The highest BCUT2D eigenvalue weighted by Gasteiger charge is 2.26. The molecule has 27 heavy (non-hydrogen) atoms. The van der Waals surface area contributed by atoms with Crippen LogP contribution in [0.15, 0.2) is 24.3 Å². The Bertz CT molecular complexity index is 641. The summed E-state index contributed by atoms with van der Waals surface area (Å²) < 4.78 is 5.68. The first-order valence-corrected chi connectivity index (χ1v) is 9.62. The highest BCUT2D eigenvalue weighted by Crippen LogP contribution is 2.28. The van der Waals surface area contributed by atoms with Gasteiger partial charge in [-0.3, -0.25) is 9.69 Å². The summed E-state index contributed by atoms with van der Waals surface area (Å²) in [6.07, 6.45) is 3.02. The summed E-state index contributed by atoms with van der Waals surface area (Å²) in [5, 5.41) is 11.9. The fourth-order valence-electron chi connectivity index (χ4n) is 4.01. The molecule has 1 aliphatic carbocycles. The molecule has 2 N–H and O–H groups in total. The number of ether oxygens (including phenoxy) is 1. The van der Waals surface area contributed by atoms with E-state index in [4.69, 9.17) is 9.84 Å². The van der Waals surface area contributed by atoms with Gasteiger partial charge < -0.3 is 20.1 Å². The van der Waals surface area contributed by atoms with E-state index < -0.39 is 5.97 Å². The number of likely N-dealkylation sites (N-methyl/N-ethyl adjacent to an activating group) is 1. The van der Waals surface area contributed by atoms with E-state index in [1.54, 1.807) is 16.8 Å². The van der Waals surface area contributed by atoms with Gasteiger partial charge >= 0.3 is 12.0 Å². The van der Waals surface area contributed by atoms with Gasteiger partial charge in [-0.2, -0.15) is 0 Å². The van der Waals surface area contributed by atoms with Crippen LogP contribution in [0.5, 0.6) is 0 Å². The predicted molar refractivity (Wildman–Crippen MR) is 102 cm³/mol. The Morgan fingerprint density at radius 2 is 2.00 bits per heavy atom. The van der Waals surface area contributed by atoms with E-state index in [0.717, 1.165) is 19.3 Å². The average Bonchev–Trinajstić information content (AvgIpc) is 3.03. The van der Waals surface area contributed by atoms with Crippen LogP contribution in [-0.4, -0.2) is 79.4 Å². The number of aliphatic carboxylic acids is 1. The Morgan fingerprint density at radius 3 is 2.67 bits per heavy atom. The number of carboxylic acid groups (broad SMARTS) is 1. The number of morpholine rings is 1. The molecule has 148 valence electrons. The van der Waals surface area contributed by atoms with Crippen LogP contribution < -0.4 is 5.32 Å². The third kappa shape index (κ3) is 5.68. The number of fused-ring (bicyclic) bond motifs is 1. The third-order valence-corrected chi connectivity index (χ3v) is 5.31. The van der Waals surface area contributed by atoms with Gasteiger partial charge in [-0.1, -0.05) is 24.3 Å². The van der Waals surface area contributed by atoms with Gasteiger partial charge in [0, 0.05) is 26.2 Å². The monoisotopic (exact) mass is 375 g/mol. The smallest absolute Gasteiger partial charge is 0.317 e. The number of carboxylic acids is 1. The second-order valence-electron chi connectivity index (χ2n) is 7.59. The quantitative estimate of drug-likeness (QED) is 0.749. The summed E-state index contributed by atoms with van der Waals surface area (Å²) >= 11 is 0. The number of rotatable bonds is 7. The largest absolute Gasteiger partial charge is 0.480 e. The fourth-order valence-corrected chi connectivity index (χ4v) is 4.01. The molecule has 2 amide bonds. The predicted octanol–water partition coefficient (Wildman–Crippen LogP) is 1.22. The van der Waals surface area contributed by atoms with Crippen molar-refractivity contribution in [2.75, 3.05) is 46.4 Å². The maximum Gasteiger partial charge on any atom is 0.317 e. The summed E-state index contributed by atoms with van der Waals surface area (Å²) in [6, 6.07) is 8.52. The maximum absolute atomic E-state index is 12.5. The molecule has 3 rings (SSSR count). The van der Waals surface area contributed by atoms with Crippen LogP contribution in [0.1, 0.15) is 17.5 Å². The zero-order valence-electron chi connectivity index (χ0n) is 15.9. The van der Waals surface area contributed by atoms with Gasteiger partial charge in [0.25, 0.3) is 0 Å². The maximum atomic E-state index is 12.5. The first kappa shape index (κ1) is 19.6. The summed E-state index contributed by atoms with van der Waals surface area (Å²) in [5.74, 6) is -0.262. The van der Waals surface area contributed by atoms with Crippen molar-refractivity contribution in [3.05, 3.63) is 35.4 Å². The van der Waals surface area contributed by atoms with Crippen LogP contribution in [0.3, 0.4) is 0 Å². The molecule has 1 atom stereocenters. The van der Waals surface area contributed by atoms with Crippen molar-refractivity contribution in [3.8, 4) is 0 Å². The van der Waals surface area contributed by atoms with E-state index in [0.29, 0.717) is 38.7 Å². The van der Waals surface area contributed by atoms with Crippen molar-refractivity contribution in [1.29, 1.82) is 0 Å². The molecule has 0 saturated carbocycles. The molecule has 0 aromatic heterocycles. The molecule has 1 aromatic carbocycles. The van der Waals surface area contributed by atoms with Crippen LogP contribution in [0.25, 0.3) is 0 Å². The van der Waals surface area contributed by atoms with Crippen LogP contribution >= 0.6 is 0 Å². The molecule has 2 aliphatic rings. The van der Waals surface area contributed by atoms with E-state index >= 15 is 0 Å². The van der Waals surface area contributed by atoms with Crippen molar-refractivity contribution in [2.24, 2.45) is 5.92 Å². The lowest BCUT2D eigenvalue weighted by Gasteiger charge is -2.34. The Balaban J connectivity index is 1.37. The lowest BCUT2D eigenvalue weighted by atomic mass is 10.0. The van der Waals surface area contributed by atoms with Crippen molar-refractivity contribution < 1.29 is 19.4 Å². The number of benzene rings is 1. The highest BCUT2D eigenvalue weighted by molar-refractivity contribution is 5.74. The van der Waals surface area contributed by atoms with Gasteiger partial charge in [0.2, 0.25) is 0 Å². The number of urea groups is 1. The van der Waals surface area contributed by atoms with Crippen LogP contribution in [0.4, 0.5) is 4.79 Å². The van der Waals surface area contributed by atoms with Crippen LogP contribution in [-0.2, 0) is 22.4 Å². The Labute approximate surface area is 160 Å². The summed E-state index contributed by atoms with van der Waals surface area (Å²) in [6.45, 7) is 2.69.